The van der Waals surface area contributed by atoms with Crippen molar-refractivity contribution in [1.29, 1.82) is 0 Å². The van der Waals surface area contributed by atoms with Gasteiger partial charge in [0.15, 0.2) is 11.5 Å². The average molecular weight is 409 g/mol. The fraction of sp³-hybridized carbons (Fsp3) is 0.583. The third-order valence-corrected chi connectivity index (χ3v) is 6.35. The van der Waals surface area contributed by atoms with Crippen LogP contribution in [0.4, 0.5) is 5.69 Å². The lowest BCUT2D eigenvalue weighted by atomic mass is 10.1. The zero-order chi connectivity index (χ0) is 20.5. The highest BCUT2D eigenvalue weighted by atomic mass is 16.5. The molecule has 1 aliphatic heterocycles. The van der Waals surface area contributed by atoms with Gasteiger partial charge in [0.1, 0.15) is 0 Å². The molecule has 1 atom stereocenters. The molecule has 0 saturated heterocycles. The van der Waals surface area contributed by atoms with Crippen LogP contribution in [0.1, 0.15) is 50.3 Å². The summed E-state index contributed by atoms with van der Waals surface area (Å²) in [7, 11) is 1.71. The minimum atomic E-state index is 0.386. The smallest absolute Gasteiger partial charge is 0.163 e. The highest BCUT2D eigenvalue weighted by Gasteiger charge is 2.25. The lowest BCUT2D eigenvalue weighted by Gasteiger charge is -2.17. The van der Waals surface area contributed by atoms with Gasteiger partial charge in [0.2, 0.25) is 0 Å². The van der Waals surface area contributed by atoms with Crippen LogP contribution in [0.25, 0.3) is 10.9 Å². The van der Waals surface area contributed by atoms with Crippen molar-refractivity contribution in [1.82, 2.24) is 10.3 Å². The van der Waals surface area contributed by atoms with Gasteiger partial charge >= 0.3 is 0 Å². The highest BCUT2D eigenvalue weighted by Crippen LogP contribution is 2.40. The monoisotopic (exact) mass is 408 g/mol. The Kier molecular flexibility index (Phi) is 5.40. The third kappa shape index (κ3) is 4.05. The molecule has 160 valence electrons. The number of nitrogens with one attached hydrogen (secondary N) is 2. The van der Waals surface area contributed by atoms with E-state index in [9.17, 15) is 0 Å². The lowest BCUT2D eigenvalue weighted by molar-refractivity contribution is 0.292. The maximum atomic E-state index is 6.12. The van der Waals surface area contributed by atoms with E-state index in [2.05, 4.69) is 34.7 Å². The Morgan fingerprint density at radius 2 is 2.10 bits per heavy atom. The molecule has 6 heteroatoms. The van der Waals surface area contributed by atoms with Crippen LogP contribution >= 0.6 is 0 Å². The molecule has 1 aromatic heterocycles. The molecule has 2 N–H and O–H groups in total. The van der Waals surface area contributed by atoms with E-state index in [1.54, 1.807) is 7.11 Å². The first-order valence-electron chi connectivity index (χ1n) is 11.4. The van der Waals surface area contributed by atoms with E-state index in [1.165, 1.54) is 36.2 Å². The largest absolute Gasteiger partial charge is 0.493 e. The molecule has 1 aromatic carbocycles. The number of hydrogen-bond donors (Lipinski definition) is 2. The number of benzene rings is 1. The molecular weight excluding hydrogens is 376 g/mol. The molecule has 2 aromatic rings. The molecule has 0 spiro atoms. The quantitative estimate of drug-likeness (QED) is 0.612. The van der Waals surface area contributed by atoms with Crippen molar-refractivity contribution in [2.45, 2.75) is 57.9 Å². The van der Waals surface area contributed by atoms with E-state index in [0.717, 1.165) is 72.9 Å². The highest BCUT2D eigenvalue weighted by molar-refractivity contribution is 5.96. The number of fused-ring (bicyclic) bond motifs is 2. The molecule has 5 rings (SSSR count). The van der Waals surface area contributed by atoms with Crippen molar-refractivity contribution in [3.05, 3.63) is 23.4 Å². The summed E-state index contributed by atoms with van der Waals surface area (Å²) in [6.07, 6.45) is 7.91. The molecule has 2 aliphatic carbocycles. The second-order valence-electron chi connectivity index (χ2n) is 8.87. The van der Waals surface area contributed by atoms with Crippen LogP contribution in [0.3, 0.4) is 0 Å². The normalized spacial score (nSPS) is 20.1. The number of aromatic nitrogens is 1. The fourth-order valence-electron chi connectivity index (χ4n) is 4.51. The Labute approximate surface area is 178 Å². The van der Waals surface area contributed by atoms with E-state index in [0.29, 0.717) is 12.6 Å². The Hall–Kier alpha value is -2.50. The summed E-state index contributed by atoms with van der Waals surface area (Å²) < 4.78 is 11.8. The SMILES string of the molecule is COc1cc2c(NCC3CC3)c3c(nc2cc1OCCCC1=NC(C)CN1)CCC3. The zero-order valence-electron chi connectivity index (χ0n) is 18.1. The van der Waals surface area contributed by atoms with E-state index in [1.807, 2.05) is 0 Å². The predicted octanol–water partition coefficient (Wildman–Crippen LogP) is 4.10. The number of rotatable bonds is 9. The van der Waals surface area contributed by atoms with Crippen LogP contribution in [-0.2, 0) is 12.8 Å². The number of amidine groups is 1. The molecule has 6 nitrogen and oxygen atoms in total. The molecule has 30 heavy (non-hydrogen) atoms. The van der Waals surface area contributed by atoms with Crippen LogP contribution in [0.2, 0.25) is 0 Å². The first kappa shape index (κ1) is 19.5. The molecule has 1 fully saturated rings. The summed E-state index contributed by atoms with van der Waals surface area (Å²) in [5.74, 6) is 3.48. The van der Waals surface area contributed by atoms with Crippen LogP contribution in [0.5, 0.6) is 11.5 Å². The molecule has 1 saturated carbocycles. The van der Waals surface area contributed by atoms with Crippen molar-refractivity contribution >= 4 is 22.4 Å². The maximum absolute atomic E-state index is 6.12. The lowest BCUT2D eigenvalue weighted by Crippen LogP contribution is -2.20. The summed E-state index contributed by atoms with van der Waals surface area (Å²) >= 11 is 0. The van der Waals surface area contributed by atoms with Gasteiger partial charge in [-0.25, -0.2) is 0 Å². The molecule has 0 radical (unpaired) electrons. The molecule has 2 heterocycles. The van der Waals surface area contributed by atoms with Gasteiger partial charge in [-0.1, -0.05) is 0 Å². The van der Waals surface area contributed by atoms with Gasteiger partial charge in [0.05, 0.1) is 31.1 Å². The van der Waals surface area contributed by atoms with Crippen molar-refractivity contribution in [2.24, 2.45) is 10.9 Å². The number of anilines is 1. The van der Waals surface area contributed by atoms with E-state index in [4.69, 9.17) is 14.5 Å². The number of pyridine rings is 1. The molecule has 0 amide bonds. The first-order valence-corrected chi connectivity index (χ1v) is 11.4. The second kappa shape index (κ2) is 8.32. The summed E-state index contributed by atoms with van der Waals surface area (Å²) in [6.45, 7) is 4.77. The summed E-state index contributed by atoms with van der Waals surface area (Å²) in [5, 5.41) is 8.26. The third-order valence-electron chi connectivity index (χ3n) is 6.35. The van der Waals surface area contributed by atoms with E-state index in [-0.39, 0.29) is 0 Å². The van der Waals surface area contributed by atoms with Gasteiger partial charge in [-0.3, -0.25) is 9.98 Å². The maximum Gasteiger partial charge on any atom is 0.163 e. The van der Waals surface area contributed by atoms with Gasteiger partial charge in [-0.15, -0.1) is 0 Å². The van der Waals surface area contributed by atoms with Crippen LogP contribution < -0.4 is 20.1 Å². The minimum Gasteiger partial charge on any atom is -0.493 e. The number of aryl methyl sites for hydroxylation is 1. The van der Waals surface area contributed by atoms with Crippen molar-refractivity contribution in [3.63, 3.8) is 0 Å². The van der Waals surface area contributed by atoms with E-state index >= 15 is 0 Å². The van der Waals surface area contributed by atoms with Crippen LogP contribution in [-0.4, -0.2) is 43.7 Å². The minimum absolute atomic E-state index is 0.386. The summed E-state index contributed by atoms with van der Waals surface area (Å²) in [4.78, 5) is 9.58. The number of nitrogens with zero attached hydrogens (tertiary/aromatic N) is 2. The molecule has 0 bridgehead atoms. The molecule has 3 aliphatic rings. The van der Waals surface area contributed by atoms with Crippen molar-refractivity contribution in [2.75, 3.05) is 32.1 Å². The fourth-order valence-corrected chi connectivity index (χ4v) is 4.51. The number of ether oxygens (including phenoxy) is 2. The van der Waals surface area contributed by atoms with Gasteiger partial charge in [0, 0.05) is 42.3 Å². The zero-order valence-corrected chi connectivity index (χ0v) is 18.1. The van der Waals surface area contributed by atoms with Crippen LogP contribution in [0.15, 0.2) is 17.1 Å². The average Bonchev–Trinajstić information content (AvgIpc) is 3.30. The van der Waals surface area contributed by atoms with Gasteiger partial charge in [0.25, 0.3) is 0 Å². The number of aliphatic imine (C=N–C) groups is 1. The standard InChI is InChI=1S/C24H32N4O2/c1-15-13-25-23(27-15)7-4-10-30-22-12-20-18(11-21(22)29-2)24(26-14-16-8-9-16)17-5-3-6-19(17)28-20/h11-12,15-16H,3-10,13-14H2,1-2H3,(H,25,27)(H,26,28). The second-order valence-corrected chi connectivity index (χ2v) is 8.87. The first-order chi connectivity index (χ1) is 14.7. The predicted molar refractivity (Wildman–Crippen MR) is 121 cm³/mol. The van der Waals surface area contributed by atoms with Gasteiger partial charge < -0.3 is 20.1 Å². The Morgan fingerprint density at radius 1 is 1.20 bits per heavy atom. The topological polar surface area (TPSA) is 67.8 Å². The summed E-state index contributed by atoms with van der Waals surface area (Å²) in [6, 6.07) is 4.55. The van der Waals surface area contributed by atoms with Crippen molar-refractivity contribution < 1.29 is 9.47 Å². The van der Waals surface area contributed by atoms with Gasteiger partial charge in [-0.05, 0) is 63.0 Å². The van der Waals surface area contributed by atoms with Crippen molar-refractivity contribution in [3.8, 4) is 11.5 Å². The van der Waals surface area contributed by atoms with Gasteiger partial charge in [-0.2, -0.15) is 0 Å². The van der Waals surface area contributed by atoms with E-state index < -0.39 is 0 Å². The summed E-state index contributed by atoms with van der Waals surface area (Å²) in [5.41, 5.74) is 4.92. The molecular formula is C24H32N4O2. The number of methoxy groups -OCH3 is 1. The van der Waals surface area contributed by atoms with Crippen LogP contribution in [0, 0.1) is 5.92 Å². The Balaban J connectivity index is 1.36. The Morgan fingerprint density at radius 3 is 2.87 bits per heavy atom. The molecule has 1 unspecified atom stereocenters. The number of hydrogen-bond acceptors (Lipinski definition) is 6. The Bertz CT molecular complexity index is 968.